The lowest BCUT2D eigenvalue weighted by Gasteiger charge is -2.25. The quantitative estimate of drug-likeness (QED) is 0.538. The Morgan fingerprint density at radius 3 is 2.21 bits per heavy atom. The zero-order valence-corrected chi connectivity index (χ0v) is 18.4. The first-order valence-electron chi connectivity index (χ1n) is 9.39. The number of benzene rings is 1. The second-order valence-corrected chi connectivity index (χ2v) is 7.21. The van der Waals surface area contributed by atoms with Gasteiger partial charge in [0, 0.05) is 12.2 Å². The van der Waals surface area contributed by atoms with Crippen molar-refractivity contribution in [3.63, 3.8) is 0 Å². The van der Waals surface area contributed by atoms with Gasteiger partial charge in [0.1, 0.15) is 0 Å². The lowest BCUT2D eigenvalue weighted by atomic mass is 10.0. The van der Waals surface area contributed by atoms with Crippen LogP contribution < -0.4 is 9.47 Å². The number of likely N-dealkylation sites (N-methyl/N-ethyl adjacent to an activating group) is 1. The van der Waals surface area contributed by atoms with Crippen LogP contribution in [0.5, 0.6) is 11.5 Å². The Morgan fingerprint density at radius 1 is 1.07 bits per heavy atom. The molecule has 2 aromatic rings. The number of esters is 1. The largest absolute Gasteiger partial charge is 0.493 e. The zero-order chi connectivity index (χ0) is 21.9. The zero-order valence-electron chi connectivity index (χ0n) is 18.4. The molecule has 1 aromatic heterocycles. The van der Waals surface area contributed by atoms with Crippen molar-refractivity contribution in [3.05, 3.63) is 45.8 Å². The van der Waals surface area contributed by atoms with Crippen molar-refractivity contribution >= 4 is 11.8 Å². The molecule has 0 saturated carbocycles. The Morgan fingerprint density at radius 2 is 1.66 bits per heavy atom. The van der Waals surface area contributed by atoms with Crippen molar-refractivity contribution in [1.29, 1.82) is 0 Å². The molecule has 158 valence electrons. The van der Waals surface area contributed by atoms with Crippen molar-refractivity contribution < 1.29 is 23.8 Å². The van der Waals surface area contributed by atoms with Gasteiger partial charge in [0.05, 0.1) is 38.6 Å². The highest BCUT2D eigenvalue weighted by Gasteiger charge is 2.27. The number of H-pyrrole nitrogens is 1. The number of carbonyl (C=O) groups excluding carboxylic acids is 2. The van der Waals surface area contributed by atoms with Gasteiger partial charge in [-0.15, -0.1) is 0 Å². The van der Waals surface area contributed by atoms with Gasteiger partial charge in [-0.2, -0.15) is 0 Å². The third kappa shape index (κ3) is 4.45. The van der Waals surface area contributed by atoms with Crippen LogP contribution >= 0.6 is 0 Å². The predicted molar refractivity (Wildman–Crippen MR) is 111 cm³/mol. The van der Waals surface area contributed by atoms with Gasteiger partial charge >= 0.3 is 5.97 Å². The van der Waals surface area contributed by atoms with E-state index in [9.17, 15) is 9.59 Å². The summed E-state index contributed by atoms with van der Waals surface area (Å²) in [5.74, 6) is 0.797. The van der Waals surface area contributed by atoms with Gasteiger partial charge in [-0.05, 0) is 63.6 Å². The van der Waals surface area contributed by atoms with Gasteiger partial charge in [0.15, 0.2) is 17.3 Å². The molecule has 1 aromatic carbocycles. The van der Waals surface area contributed by atoms with E-state index < -0.39 is 12.0 Å². The number of hydrogen-bond donors (Lipinski definition) is 1. The van der Waals surface area contributed by atoms with Crippen LogP contribution in [0.1, 0.15) is 50.2 Å². The molecule has 0 fully saturated rings. The molecule has 1 heterocycles. The van der Waals surface area contributed by atoms with Crippen LogP contribution in [0.3, 0.4) is 0 Å². The molecular formula is C22H30N2O5. The predicted octanol–water partition coefficient (Wildman–Crippen LogP) is 3.45. The molecule has 1 atom stereocenters. The van der Waals surface area contributed by atoms with Crippen LogP contribution in [0, 0.1) is 20.8 Å². The number of hydrogen-bond acceptors (Lipinski definition) is 6. The molecule has 7 nitrogen and oxygen atoms in total. The first-order chi connectivity index (χ1) is 13.7. The van der Waals surface area contributed by atoms with E-state index in [1.165, 1.54) is 7.11 Å². The van der Waals surface area contributed by atoms with Crippen LogP contribution in [0.15, 0.2) is 12.1 Å². The number of nitrogens with one attached hydrogen (secondary N) is 1. The van der Waals surface area contributed by atoms with Crippen molar-refractivity contribution in [2.75, 3.05) is 28.4 Å². The highest BCUT2D eigenvalue weighted by Crippen LogP contribution is 2.31. The third-order valence-corrected chi connectivity index (χ3v) is 5.38. The Balaban J connectivity index is 2.26. The van der Waals surface area contributed by atoms with Gasteiger partial charge in [-0.3, -0.25) is 9.69 Å². The highest BCUT2D eigenvalue weighted by atomic mass is 16.5. The van der Waals surface area contributed by atoms with E-state index in [1.54, 1.807) is 28.1 Å². The minimum atomic E-state index is -0.447. The lowest BCUT2D eigenvalue weighted by Crippen LogP contribution is -2.36. The minimum absolute atomic E-state index is 0.0821. The average molecular weight is 402 g/mol. The van der Waals surface area contributed by atoms with Crippen LogP contribution in [0.25, 0.3) is 0 Å². The summed E-state index contributed by atoms with van der Waals surface area (Å²) >= 11 is 0. The van der Waals surface area contributed by atoms with E-state index in [4.69, 9.17) is 14.2 Å². The number of aryl methyl sites for hydroxylation is 2. The van der Waals surface area contributed by atoms with Crippen LogP contribution in [0.4, 0.5) is 0 Å². The molecule has 2 rings (SSSR count). The summed E-state index contributed by atoms with van der Waals surface area (Å²) in [7, 11) is 6.43. The fourth-order valence-electron chi connectivity index (χ4n) is 3.41. The number of aromatic nitrogens is 1. The summed E-state index contributed by atoms with van der Waals surface area (Å²) in [6.07, 6.45) is 0. The minimum Gasteiger partial charge on any atom is -0.493 e. The summed E-state index contributed by atoms with van der Waals surface area (Å²) in [6.45, 7) is 7.93. The molecule has 0 amide bonds. The number of ether oxygens (including phenoxy) is 3. The topological polar surface area (TPSA) is 80.9 Å². The molecule has 29 heavy (non-hydrogen) atoms. The summed E-state index contributed by atoms with van der Waals surface area (Å²) in [5, 5.41) is 0. The number of ketones is 1. The molecular weight excluding hydrogens is 372 g/mol. The van der Waals surface area contributed by atoms with Crippen molar-refractivity contribution in [1.82, 2.24) is 9.88 Å². The average Bonchev–Trinajstić information content (AvgIpc) is 3.01. The summed E-state index contributed by atoms with van der Waals surface area (Å²) in [4.78, 5) is 30.1. The molecule has 7 heteroatoms. The SMILES string of the molecule is COC(=O)c1c(C)[nH]c(C(=O)[C@@H](C)N(C)Cc2cc(OC)c(OC)cc2C)c1C. The van der Waals surface area contributed by atoms with E-state index in [0.29, 0.717) is 40.6 Å². The monoisotopic (exact) mass is 402 g/mol. The molecule has 0 saturated heterocycles. The molecule has 0 radical (unpaired) electrons. The number of rotatable bonds is 8. The van der Waals surface area contributed by atoms with Crippen molar-refractivity contribution in [3.8, 4) is 11.5 Å². The second-order valence-electron chi connectivity index (χ2n) is 7.21. The van der Waals surface area contributed by atoms with E-state index in [-0.39, 0.29) is 5.78 Å². The molecule has 0 aliphatic rings. The number of nitrogens with zero attached hydrogens (tertiary/aromatic N) is 1. The molecule has 0 unspecified atom stereocenters. The molecule has 0 bridgehead atoms. The van der Waals surface area contributed by atoms with E-state index in [1.807, 2.05) is 37.9 Å². The Labute approximate surface area is 172 Å². The van der Waals surface area contributed by atoms with Gasteiger partial charge in [-0.1, -0.05) is 0 Å². The summed E-state index contributed by atoms with van der Waals surface area (Å²) in [5.41, 5.74) is 4.19. The standard InChI is InChI=1S/C22H30N2O5/c1-12-9-17(27-6)18(28-7)10-16(12)11-24(5)15(4)21(25)20-13(2)19(14(3)23-20)22(26)29-8/h9-10,15,23H,11H2,1-8H3/t15-/m1/s1. The Bertz CT molecular complexity index is 916. The molecule has 1 N–H and O–H groups in total. The number of aromatic amines is 1. The first-order valence-corrected chi connectivity index (χ1v) is 9.39. The first kappa shape index (κ1) is 22.5. The van der Waals surface area contributed by atoms with Crippen molar-refractivity contribution in [2.24, 2.45) is 0 Å². The lowest BCUT2D eigenvalue weighted by molar-refractivity contribution is 0.0599. The second kappa shape index (κ2) is 9.13. The molecule has 0 spiro atoms. The van der Waals surface area contributed by atoms with Crippen LogP contribution in [-0.2, 0) is 11.3 Å². The fraction of sp³-hybridized carbons (Fsp3) is 0.455. The van der Waals surface area contributed by atoms with Crippen molar-refractivity contribution in [2.45, 2.75) is 40.3 Å². The number of Topliss-reactive ketones (excluding diaryl/α,β-unsaturated/α-hetero) is 1. The molecule has 0 aliphatic carbocycles. The van der Waals surface area contributed by atoms with Gasteiger partial charge in [-0.25, -0.2) is 4.79 Å². The maximum Gasteiger partial charge on any atom is 0.339 e. The summed E-state index contributed by atoms with van der Waals surface area (Å²) in [6, 6.07) is 3.46. The highest BCUT2D eigenvalue weighted by molar-refractivity contribution is 6.03. The molecule has 0 aliphatic heterocycles. The van der Waals surface area contributed by atoms with E-state index in [0.717, 1.165) is 11.1 Å². The maximum atomic E-state index is 13.1. The smallest absolute Gasteiger partial charge is 0.339 e. The van der Waals surface area contributed by atoms with Gasteiger partial charge in [0.25, 0.3) is 0 Å². The van der Waals surface area contributed by atoms with Gasteiger partial charge < -0.3 is 19.2 Å². The van der Waals surface area contributed by atoms with Gasteiger partial charge in [0.2, 0.25) is 0 Å². The van der Waals surface area contributed by atoms with E-state index in [2.05, 4.69) is 4.98 Å². The van der Waals surface area contributed by atoms with Crippen LogP contribution in [-0.4, -0.2) is 56.1 Å². The Hall–Kier alpha value is -2.80. The van der Waals surface area contributed by atoms with Crippen LogP contribution in [0.2, 0.25) is 0 Å². The Kier molecular flexibility index (Phi) is 7.08. The third-order valence-electron chi connectivity index (χ3n) is 5.38. The summed E-state index contributed by atoms with van der Waals surface area (Å²) < 4.78 is 15.6. The maximum absolute atomic E-state index is 13.1. The normalized spacial score (nSPS) is 12.0. The fourth-order valence-corrected chi connectivity index (χ4v) is 3.41. The van der Waals surface area contributed by atoms with E-state index >= 15 is 0 Å². The number of carbonyl (C=O) groups is 2. The number of methoxy groups -OCH3 is 3.